The van der Waals surface area contributed by atoms with Crippen LogP contribution >= 0.6 is 0 Å². The average Bonchev–Trinajstić information content (AvgIpc) is 3.10. The number of hydrogen-bond donors (Lipinski definition) is 1. The number of likely N-dealkylation sites (tertiary alicyclic amines) is 1. The smallest absolute Gasteiger partial charge is 0.348 e. The Labute approximate surface area is 153 Å². The highest BCUT2D eigenvalue weighted by Crippen LogP contribution is 2.19. The zero-order valence-electron chi connectivity index (χ0n) is 15.4. The van der Waals surface area contributed by atoms with Gasteiger partial charge in [0.1, 0.15) is 5.76 Å². The van der Waals surface area contributed by atoms with Crippen LogP contribution < -0.4 is 11.0 Å². The summed E-state index contributed by atoms with van der Waals surface area (Å²) < 4.78 is 6.99. The van der Waals surface area contributed by atoms with Crippen LogP contribution in [0.4, 0.5) is 0 Å². The van der Waals surface area contributed by atoms with Crippen molar-refractivity contribution in [3.63, 3.8) is 0 Å². The van der Waals surface area contributed by atoms with Crippen molar-refractivity contribution in [3.05, 3.63) is 52.1 Å². The highest BCUT2D eigenvalue weighted by atomic mass is 16.3. The second-order valence-electron chi connectivity index (χ2n) is 6.92. The number of rotatable bonds is 6. The average molecular weight is 358 g/mol. The van der Waals surface area contributed by atoms with Crippen LogP contribution in [0.5, 0.6) is 0 Å². The molecule has 3 heterocycles. The zero-order chi connectivity index (χ0) is 18.5. The van der Waals surface area contributed by atoms with Crippen LogP contribution in [0.1, 0.15) is 30.0 Å². The standard InChI is InChI=1S/C19H26N4O3/c1-14-11-15(2)23(19(25)21-14)9-7-20-18(24)16-5-3-8-22(12-16)13-17-6-4-10-26-17/h4,6,10-11,16H,3,5,7-9,12-13H2,1-2H3,(H,20,24). The van der Waals surface area contributed by atoms with E-state index in [1.54, 1.807) is 17.8 Å². The molecule has 0 spiro atoms. The first kappa shape index (κ1) is 18.4. The number of hydrogen-bond acceptors (Lipinski definition) is 5. The van der Waals surface area contributed by atoms with E-state index in [-0.39, 0.29) is 17.5 Å². The van der Waals surface area contributed by atoms with Crippen molar-refractivity contribution in [1.29, 1.82) is 0 Å². The molecule has 7 nitrogen and oxygen atoms in total. The molecule has 0 radical (unpaired) electrons. The number of aryl methyl sites for hydroxylation is 2. The topological polar surface area (TPSA) is 80.4 Å². The summed E-state index contributed by atoms with van der Waals surface area (Å²) >= 11 is 0. The maximum absolute atomic E-state index is 12.5. The van der Waals surface area contributed by atoms with E-state index in [0.717, 1.165) is 43.9 Å². The molecule has 140 valence electrons. The number of furan rings is 1. The molecule has 0 aliphatic carbocycles. The predicted octanol–water partition coefficient (Wildman–Crippen LogP) is 1.48. The summed E-state index contributed by atoms with van der Waals surface area (Å²) in [6.07, 6.45) is 3.57. The molecule has 2 aromatic rings. The second-order valence-corrected chi connectivity index (χ2v) is 6.92. The van der Waals surface area contributed by atoms with Crippen LogP contribution in [0, 0.1) is 19.8 Å². The Kier molecular flexibility index (Phi) is 5.88. The van der Waals surface area contributed by atoms with E-state index < -0.39 is 0 Å². The number of nitrogens with one attached hydrogen (secondary N) is 1. The molecule has 1 aliphatic heterocycles. The minimum Gasteiger partial charge on any atom is -0.468 e. The maximum Gasteiger partial charge on any atom is 0.348 e. The lowest BCUT2D eigenvalue weighted by molar-refractivity contribution is -0.126. The molecule has 26 heavy (non-hydrogen) atoms. The number of amides is 1. The van der Waals surface area contributed by atoms with E-state index in [4.69, 9.17) is 4.42 Å². The van der Waals surface area contributed by atoms with Crippen LogP contribution in [0.2, 0.25) is 0 Å². The molecule has 0 saturated carbocycles. The summed E-state index contributed by atoms with van der Waals surface area (Å²) in [4.78, 5) is 30.7. The Balaban J connectivity index is 1.49. The van der Waals surface area contributed by atoms with E-state index in [2.05, 4.69) is 15.2 Å². The van der Waals surface area contributed by atoms with Crippen molar-refractivity contribution in [2.24, 2.45) is 5.92 Å². The SMILES string of the molecule is Cc1cc(C)n(CCNC(=O)C2CCCN(Cc3ccco3)C2)c(=O)n1. The van der Waals surface area contributed by atoms with Gasteiger partial charge in [-0.3, -0.25) is 14.3 Å². The molecule has 1 saturated heterocycles. The van der Waals surface area contributed by atoms with E-state index in [9.17, 15) is 9.59 Å². The van der Waals surface area contributed by atoms with Crippen LogP contribution in [0.3, 0.4) is 0 Å². The molecular weight excluding hydrogens is 332 g/mol. The van der Waals surface area contributed by atoms with Gasteiger partial charge < -0.3 is 9.73 Å². The summed E-state index contributed by atoms with van der Waals surface area (Å²) in [7, 11) is 0. The summed E-state index contributed by atoms with van der Waals surface area (Å²) in [5.41, 5.74) is 1.31. The maximum atomic E-state index is 12.5. The van der Waals surface area contributed by atoms with Crippen molar-refractivity contribution in [2.45, 2.75) is 39.8 Å². The first-order chi connectivity index (χ1) is 12.5. The van der Waals surface area contributed by atoms with Crippen LogP contribution in [-0.4, -0.2) is 40.0 Å². The van der Waals surface area contributed by atoms with Gasteiger partial charge in [0.05, 0.1) is 18.7 Å². The molecule has 1 N–H and O–H groups in total. The number of piperidine rings is 1. The summed E-state index contributed by atoms with van der Waals surface area (Å²) in [5.74, 6) is 0.959. The van der Waals surface area contributed by atoms with Crippen molar-refractivity contribution in [1.82, 2.24) is 19.8 Å². The number of carbonyl (C=O) groups excluding carboxylic acids is 1. The highest BCUT2D eigenvalue weighted by molar-refractivity contribution is 5.78. The fraction of sp³-hybridized carbons (Fsp3) is 0.526. The van der Waals surface area contributed by atoms with Crippen molar-refractivity contribution in [2.75, 3.05) is 19.6 Å². The second kappa shape index (κ2) is 8.31. The van der Waals surface area contributed by atoms with Crippen molar-refractivity contribution in [3.8, 4) is 0 Å². The third-order valence-corrected chi connectivity index (χ3v) is 4.82. The van der Waals surface area contributed by atoms with E-state index >= 15 is 0 Å². The Morgan fingerprint density at radius 3 is 3.00 bits per heavy atom. The third kappa shape index (κ3) is 4.60. The summed E-state index contributed by atoms with van der Waals surface area (Å²) in [6.45, 7) is 7.00. The largest absolute Gasteiger partial charge is 0.468 e. The molecule has 1 amide bonds. The first-order valence-corrected chi connectivity index (χ1v) is 9.10. The number of nitrogens with zero attached hydrogens (tertiary/aromatic N) is 3. The molecule has 1 unspecified atom stereocenters. The number of aromatic nitrogens is 2. The Hall–Kier alpha value is -2.41. The Morgan fingerprint density at radius 1 is 1.42 bits per heavy atom. The van der Waals surface area contributed by atoms with Crippen LogP contribution in [-0.2, 0) is 17.9 Å². The minimum atomic E-state index is -0.265. The summed E-state index contributed by atoms with van der Waals surface area (Å²) in [5, 5.41) is 2.97. The van der Waals surface area contributed by atoms with Gasteiger partial charge in [-0.15, -0.1) is 0 Å². The third-order valence-electron chi connectivity index (χ3n) is 4.82. The Morgan fingerprint density at radius 2 is 2.27 bits per heavy atom. The van der Waals surface area contributed by atoms with Gasteiger partial charge >= 0.3 is 5.69 Å². The van der Waals surface area contributed by atoms with Gasteiger partial charge in [-0.05, 0) is 51.4 Å². The van der Waals surface area contributed by atoms with Crippen molar-refractivity contribution >= 4 is 5.91 Å². The molecule has 1 atom stereocenters. The summed E-state index contributed by atoms with van der Waals surface area (Å²) in [6, 6.07) is 5.71. The fourth-order valence-electron chi connectivity index (χ4n) is 3.52. The van der Waals surface area contributed by atoms with Gasteiger partial charge in [-0.25, -0.2) is 4.79 Å². The van der Waals surface area contributed by atoms with Gasteiger partial charge in [0.2, 0.25) is 5.91 Å². The van der Waals surface area contributed by atoms with Crippen LogP contribution in [0.25, 0.3) is 0 Å². The Bertz CT molecular complexity index is 798. The lowest BCUT2D eigenvalue weighted by Gasteiger charge is -2.31. The van der Waals surface area contributed by atoms with Crippen LogP contribution in [0.15, 0.2) is 33.7 Å². The molecule has 1 fully saturated rings. The molecule has 2 aromatic heterocycles. The van der Waals surface area contributed by atoms with Gasteiger partial charge in [0.25, 0.3) is 0 Å². The quantitative estimate of drug-likeness (QED) is 0.846. The molecule has 1 aliphatic rings. The first-order valence-electron chi connectivity index (χ1n) is 9.10. The lowest BCUT2D eigenvalue weighted by atomic mass is 9.97. The van der Waals surface area contributed by atoms with Gasteiger partial charge in [0, 0.05) is 31.0 Å². The molecular formula is C19H26N4O3. The van der Waals surface area contributed by atoms with E-state index in [0.29, 0.717) is 18.8 Å². The number of carbonyl (C=O) groups is 1. The van der Waals surface area contributed by atoms with Gasteiger partial charge in [0.15, 0.2) is 0 Å². The fourth-order valence-corrected chi connectivity index (χ4v) is 3.52. The molecule has 0 bridgehead atoms. The molecule has 7 heteroatoms. The highest BCUT2D eigenvalue weighted by Gasteiger charge is 2.26. The molecule has 3 rings (SSSR count). The normalized spacial score (nSPS) is 18.0. The lowest BCUT2D eigenvalue weighted by Crippen LogP contribution is -2.43. The zero-order valence-corrected chi connectivity index (χ0v) is 15.4. The van der Waals surface area contributed by atoms with Gasteiger partial charge in [-0.2, -0.15) is 4.98 Å². The van der Waals surface area contributed by atoms with Crippen molar-refractivity contribution < 1.29 is 9.21 Å². The minimum absolute atomic E-state index is 0.0207. The van der Waals surface area contributed by atoms with E-state index in [1.165, 1.54) is 0 Å². The monoisotopic (exact) mass is 358 g/mol. The molecule has 0 aromatic carbocycles. The van der Waals surface area contributed by atoms with E-state index in [1.807, 2.05) is 25.1 Å². The predicted molar refractivity (Wildman–Crippen MR) is 97.7 cm³/mol. The van der Waals surface area contributed by atoms with Gasteiger partial charge in [-0.1, -0.05) is 0 Å².